The third-order valence-electron chi connectivity index (χ3n) is 6.39. The van der Waals surface area contributed by atoms with Gasteiger partial charge < -0.3 is 4.74 Å². The number of likely N-dealkylation sites (tertiary alicyclic amines) is 1. The number of halogens is 1. The van der Waals surface area contributed by atoms with E-state index in [0.29, 0.717) is 5.92 Å². The summed E-state index contributed by atoms with van der Waals surface area (Å²) < 4.78 is 19.1. The Morgan fingerprint density at radius 3 is 2.75 bits per heavy atom. The summed E-state index contributed by atoms with van der Waals surface area (Å²) in [6, 6.07) is 8.34. The molecule has 5 rings (SSSR count). The van der Waals surface area contributed by atoms with E-state index in [9.17, 15) is 9.18 Å². The summed E-state index contributed by atoms with van der Waals surface area (Å²) in [5.41, 5.74) is 1.42. The number of esters is 1. The van der Waals surface area contributed by atoms with E-state index in [1.807, 2.05) is 12.1 Å². The van der Waals surface area contributed by atoms with Crippen LogP contribution in [0.2, 0.25) is 0 Å². The van der Waals surface area contributed by atoms with Gasteiger partial charge in [-0.1, -0.05) is 12.1 Å². The summed E-state index contributed by atoms with van der Waals surface area (Å²) in [6.07, 6.45) is 6.69. The second-order valence-corrected chi connectivity index (χ2v) is 8.40. The number of nitrogens with zero attached hydrogens (tertiary/aromatic N) is 3. The molecule has 1 atom stereocenters. The van der Waals surface area contributed by atoms with Crippen molar-refractivity contribution in [2.24, 2.45) is 5.41 Å². The maximum Gasteiger partial charge on any atom is 0.312 e. The monoisotopic (exact) mass is 381 g/mol. The van der Waals surface area contributed by atoms with Gasteiger partial charge in [-0.15, -0.1) is 0 Å². The van der Waals surface area contributed by atoms with Gasteiger partial charge in [-0.2, -0.15) is 0 Å². The van der Waals surface area contributed by atoms with Crippen LogP contribution in [0.3, 0.4) is 0 Å². The quantitative estimate of drug-likeness (QED) is 0.758. The fourth-order valence-corrected chi connectivity index (χ4v) is 4.54. The number of ether oxygens (including phenoxy) is 1. The van der Waals surface area contributed by atoms with Gasteiger partial charge in [-0.05, 0) is 57.0 Å². The van der Waals surface area contributed by atoms with Crippen molar-refractivity contribution in [2.75, 3.05) is 19.6 Å². The molecule has 0 N–H and O–H groups in total. The van der Waals surface area contributed by atoms with E-state index in [-0.39, 0.29) is 23.3 Å². The van der Waals surface area contributed by atoms with Gasteiger partial charge in [0.05, 0.1) is 11.1 Å². The second-order valence-electron chi connectivity index (χ2n) is 8.40. The number of hydrogen-bond acceptors (Lipinski definition) is 5. The summed E-state index contributed by atoms with van der Waals surface area (Å²) in [5.74, 6) is 0.915. The molecule has 1 aromatic heterocycles. The SMILES string of the molecule is O=C1OC(CN2CCC(c3nccc(-c4cccc(F)c4)n3)CC2)CC12CC2. The molecule has 0 amide bonds. The van der Waals surface area contributed by atoms with Crippen molar-refractivity contribution in [3.8, 4) is 11.3 Å². The molecule has 2 aliphatic heterocycles. The highest BCUT2D eigenvalue weighted by Gasteiger charge is 2.57. The Balaban J connectivity index is 1.20. The molecule has 1 aliphatic carbocycles. The zero-order valence-corrected chi connectivity index (χ0v) is 15.8. The molecule has 1 aromatic carbocycles. The normalized spacial score (nSPS) is 24.5. The zero-order valence-electron chi connectivity index (χ0n) is 15.8. The zero-order chi connectivity index (χ0) is 19.1. The predicted molar refractivity (Wildman–Crippen MR) is 102 cm³/mol. The maximum absolute atomic E-state index is 13.5. The molecule has 0 bridgehead atoms. The average molecular weight is 381 g/mol. The first kappa shape index (κ1) is 17.7. The summed E-state index contributed by atoms with van der Waals surface area (Å²) >= 11 is 0. The Hall–Kier alpha value is -2.34. The molecule has 2 aromatic rings. The molecular formula is C22H24FN3O2. The van der Waals surface area contributed by atoms with Gasteiger partial charge in [0.15, 0.2) is 0 Å². The van der Waals surface area contributed by atoms with Gasteiger partial charge in [-0.25, -0.2) is 14.4 Å². The number of carbonyl (C=O) groups excluding carboxylic acids is 1. The number of carbonyl (C=O) groups is 1. The lowest BCUT2D eigenvalue weighted by Crippen LogP contribution is -2.38. The Labute approximate surface area is 163 Å². The van der Waals surface area contributed by atoms with Crippen molar-refractivity contribution in [3.63, 3.8) is 0 Å². The first-order chi connectivity index (χ1) is 13.6. The molecule has 5 nitrogen and oxygen atoms in total. The largest absolute Gasteiger partial charge is 0.461 e. The van der Waals surface area contributed by atoms with Gasteiger partial charge in [-0.3, -0.25) is 9.69 Å². The van der Waals surface area contributed by atoms with Crippen molar-refractivity contribution in [3.05, 3.63) is 48.2 Å². The third kappa shape index (κ3) is 3.41. The highest BCUT2D eigenvalue weighted by atomic mass is 19.1. The molecule has 1 spiro atoms. The summed E-state index contributed by atoms with van der Waals surface area (Å²) in [7, 11) is 0. The van der Waals surface area contributed by atoms with E-state index >= 15 is 0 Å². The second kappa shape index (κ2) is 6.92. The van der Waals surface area contributed by atoms with Crippen molar-refractivity contribution < 1.29 is 13.9 Å². The first-order valence-corrected chi connectivity index (χ1v) is 10.1. The van der Waals surface area contributed by atoms with E-state index in [0.717, 1.165) is 68.8 Å². The van der Waals surface area contributed by atoms with E-state index in [2.05, 4.69) is 9.88 Å². The number of benzene rings is 1. The van der Waals surface area contributed by atoms with Crippen molar-refractivity contribution in [2.45, 2.75) is 44.1 Å². The van der Waals surface area contributed by atoms with Crippen LogP contribution < -0.4 is 0 Å². The van der Waals surface area contributed by atoms with Crippen LogP contribution >= 0.6 is 0 Å². The molecule has 3 fully saturated rings. The summed E-state index contributed by atoms with van der Waals surface area (Å²) in [5, 5.41) is 0. The number of aromatic nitrogens is 2. The highest BCUT2D eigenvalue weighted by molar-refractivity contribution is 5.82. The van der Waals surface area contributed by atoms with E-state index in [4.69, 9.17) is 9.72 Å². The molecule has 3 heterocycles. The topological polar surface area (TPSA) is 55.3 Å². The molecule has 1 unspecified atom stereocenters. The van der Waals surface area contributed by atoms with Crippen LogP contribution in [0, 0.1) is 11.2 Å². The molecule has 1 saturated carbocycles. The molecular weight excluding hydrogens is 357 g/mol. The third-order valence-corrected chi connectivity index (χ3v) is 6.39. The molecule has 3 aliphatic rings. The van der Waals surface area contributed by atoms with Crippen molar-refractivity contribution >= 4 is 5.97 Å². The Kier molecular flexibility index (Phi) is 4.38. The summed E-state index contributed by atoms with van der Waals surface area (Å²) in [6.45, 7) is 2.75. The number of cyclic esters (lactones) is 1. The Morgan fingerprint density at radius 2 is 2.04 bits per heavy atom. The fraction of sp³-hybridized carbons (Fsp3) is 0.500. The first-order valence-electron chi connectivity index (χ1n) is 10.1. The lowest BCUT2D eigenvalue weighted by molar-refractivity contribution is -0.145. The van der Waals surface area contributed by atoms with Crippen LogP contribution in [-0.2, 0) is 9.53 Å². The van der Waals surface area contributed by atoms with Crippen LogP contribution in [0.5, 0.6) is 0 Å². The minimum absolute atomic E-state index is 0.0231. The van der Waals surface area contributed by atoms with Gasteiger partial charge in [0, 0.05) is 30.6 Å². The molecule has 2 saturated heterocycles. The van der Waals surface area contributed by atoms with Crippen molar-refractivity contribution in [1.29, 1.82) is 0 Å². The number of hydrogen-bond donors (Lipinski definition) is 0. The lowest BCUT2D eigenvalue weighted by Gasteiger charge is -2.32. The van der Waals surface area contributed by atoms with Crippen LogP contribution in [0.1, 0.15) is 43.8 Å². The minimum Gasteiger partial charge on any atom is -0.461 e. The fourth-order valence-electron chi connectivity index (χ4n) is 4.54. The molecule has 28 heavy (non-hydrogen) atoms. The predicted octanol–water partition coefficient (Wildman–Crippen LogP) is 3.56. The number of piperidine rings is 1. The molecule has 0 radical (unpaired) electrons. The van der Waals surface area contributed by atoms with E-state index in [1.165, 1.54) is 12.1 Å². The Morgan fingerprint density at radius 1 is 1.21 bits per heavy atom. The Bertz CT molecular complexity index is 891. The van der Waals surface area contributed by atoms with Gasteiger partial charge in [0.1, 0.15) is 17.7 Å². The molecule has 146 valence electrons. The summed E-state index contributed by atoms with van der Waals surface area (Å²) in [4.78, 5) is 23.5. The maximum atomic E-state index is 13.5. The smallest absolute Gasteiger partial charge is 0.312 e. The lowest BCUT2D eigenvalue weighted by atomic mass is 9.95. The van der Waals surface area contributed by atoms with Gasteiger partial charge >= 0.3 is 5.97 Å². The van der Waals surface area contributed by atoms with E-state index < -0.39 is 0 Å². The van der Waals surface area contributed by atoms with Crippen LogP contribution in [0.4, 0.5) is 4.39 Å². The minimum atomic E-state index is -0.258. The van der Waals surface area contributed by atoms with Crippen LogP contribution in [-0.4, -0.2) is 46.6 Å². The highest BCUT2D eigenvalue weighted by Crippen LogP contribution is 2.54. The molecule has 6 heteroatoms. The van der Waals surface area contributed by atoms with Gasteiger partial charge in [0.25, 0.3) is 0 Å². The van der Waals surface area contributed by atoms with Crippen molar-refractivity contribution in [1.82, 2.24) is 14.9 Å². The van der Waals surface area contributed by atoms with Gasteiger partial charge in [0.2, 0.25) is 0 Å². The van der Waals surface area contributed by atoms with Crippen LogP contribution in [0.25, 0.3) is 11.3 Å². The average Bonchev–Trinajstić information content (AvgIpc) is 3.42. The van der Waals surface area contributed by atoms with Crippen LogP contribution in [0.15, 0.2) is 36.5 Å². The van der Waals surface area contributed by atoms with E-state index in [1.54, 1.807) is 12.3 Å². The number of rotatable bonds is 4. The standard InChI is InChI=1S/C22H24FN3O2/c23-17-3-1-2-16(12-17)19-4-9-24-20(25-19)15-5-10-26(11-6-15)14-18-13-22(7-8-22)21(27)28-18/h1-4,9,12,15,18H,5-8,10-11,13-14H2.